The van der Waals surface area contributed by atoms with E-state index < -0.39 is 0 Å². The lowest BCUT2D eigenvalue weighted by molar-refractivity contribution is 0.318. The summed E-state index contributed by atoms with van der Waals surface area (Å²) in [4.78, 5) is 0. The monoisotopic (exact) mass is 354 g/mol. The van der Waals surface area contributed by atoms with E-state index in [4.69, 9.17) is 0 Å². The molecule has 130 valence electrons. The van der Waals surface area contributed by atoms with Crippen LogP contribution < -0.4 is 0 Å². The smallest absolute Gasteiger partial charge is 0.0177 e. The zero-order valence-corrected chi connectivity index (χ0v) is 15.4. The summed E-state index contributed by atoms with van der Waals surface area (Å²) < 4.78 is 0. The molecule has 0 aromatic heterocycles. The second-order valence-corrected chi connectivity index (χ2v) is 8.96. The molecular formula is C28H18. The minimum absolute atomic E-state index is 0.499. The molecule has 8 rings (SSSR count). The lowest BCUT2D eigenvalue weighted by atomic mass is 9.51. The van der Waals surface area contributed by atoms with Crippen molar-refractivity contribution in [3.05, 3.63) is 117 Å². The maximum absolute atomic E-state index is 2.52. The Kier molecular flexibility index (Phi) is 2.23. The molecule has 0 aliphatic heterocycles. The van der Waals surface area contributed by atoms with Crippen molar-refractivity contribution in [3.8, 4) is 0 Å². The van der Waals surface area contributed by atoms with Gasteiger partial charge in [0.1, 0.15) is 0 Å². The molecule has 6 aliphatic rings. The summed E-state index contributed by atoms with van der Waals surface area (Å²) in [5.41, 5.74) is 11.9. The van der Waals surface area contributed by atoms with Crippen LogP contribution in [0.4, 0.5) is 0 Å². The Morgan fingerprint density at radius 2 is 1.43 bits per heavy atom. The molecule has 4 atom stereocenters. The van der Waals surface area contributed by atoms with Crippen molar-refractivity contribution >= 4 is 22.9 Å². The van der Waals surface area contributed by atoms with Crippen LogP contribution in [0, 0.1) is 17.8 Å². The summed E-state index contributed by atoms with van der Waals surface area (Å²) >= 11 is 0. The number of benzene rings is 2. The predicted molar refractivity (Wildman–Crippen MR) is 116 cm³/mol. The summed E-state index contributed by atoms with van der Waals surface area (Å²) in [6.45, 7) is 0. The Bertz CT molecular complexity index is 1360. The van der Waals surface area contributed by atoms with E-state index in [2.05, 4.69) is 85.0 Å². The first kappa shape index (κ1) is 14.0. The second kappa shape index (κ2) is 4.47. The Morgan fingerprint density at radius 1 is 0.571 bits per heavy atom. The largest absolute Gasteiger partial charge is 0.0617 e. The number of allylic oxidation sites excluding steroid dienone is 12. The highest BCUT2D eigenvalue weighted by molar-refractivity contribution is 6.00. The molecule has 0 fully saturated rings. The fraction of sp³-hybridized carbons (Fsp3) is 0.143. The summed E-state index contributed by atoms with van der Waals surface area (Å²) in [7, 11) is 0. The van der Waals surface area contributed by atoms with Crippen molar-refractivity contribution in [1.29, 1.82) is 0 Å². The molecule has 0 amide bonds. The van der Waals surface area contributed by atoms with Crippen LogP contribution in [0.3, 0.4) is 0 Å². The Morgan fingerprint density at radius 3 is 2.43 bits per heavy atom. The number of rotatable bonds is 0. The second-order valence-electron chi connectivity index (χ2n) is 8.96. The summed E-state index contributed by atoms with van der Waals surface area (Å²) in [5.74, 6) is 2.16. The molecule has 0 nitrogen and oxygen atoms in total. The zero-order chi connectivity index (χ0) is 18.0. The van der Waals surface area contributed by atoms with Crippen LogP contribution in [0.15, 0.2) is 101 Å². The molecule has 2 aromatic rings. The van der Waals surface area contributed by atoms with Crippen LogP contribution in [0.1, 0.15) is 22.6 Å². The van der Waals surface area contributed by atoms with E-state index in [0.29, 0.717) is 23.7 Å². The van der Waals surface area contributed by atoms with Gasteiger partial charge in [-0.1, -0.05) is 85.0 Å². The van der Waals surface area contributed by atoms with Crippen molar-refractivity contribution in [3.63, 3.8) is 0 Å². The van der Waals surface area contributed by atoms with Crippen LogP contribution in [0.2, 0.25) is 0 Å². The van der Waals surface area contributed by atoms with E-state index in [9.17, 15) is 0 Å². The van der Waals surface area contributed by atoms with Crippen molar-refractivity contribution in [2.24, 2.45) is 17.8 Å². The van der Waals surface area contributed by atoms with Crippen LogP contribution in [0.25, 0.3) is 22.9 Å². The first-order valence-corrected chi connectivity index (χ1v) is 10.4. The topological polar surface area (TPSA) is 0 Å². The van der Waals surface area contributed by atoms with Crippen LogP contribution in [-0.2, 0) is 0 Å². The zero-order valence-electron chi connectivity index (χ0n) is 15.4. The van der Waals surface area contributed by atoms with Crippen LogP contribution >= 0.6 is 0 Å². The molecule has 0 bridgehead atoms. The standard InChI is InChI=1S/C28H18/c1-3-15-7-9-19-14-22-12-18-6-2-4-16-8-10-20-13-21-11-17(5-1)23(15)25(19)27(21)28(22)26(20)24(16)18/h1-14,23,25,27-28H. The van der Waals surface area contributed by atoms with Crippen molar-refractivity contribution < 1.29 is 0 Å². The van der Waals surface area contributed by atoms with E-state index in [1.807, 2.05) is 0 Å². The molecule has 6 aliphatic carbocycles. The Balaban J connectivity index is 1.56. The molecule has 2 aromatic carbocycles. The van der Waals surface area contributed by atoms with Gasteiger partial charge in [0, 0.05) is 23.7 Å². The minimum Gasteiger partial charge on any atom is -0.0617 e. The van der Waals surface area contributed by atoms with E-state index in [1.165, 1.54) is 49.8 Å². The van der Waals surface area contributed by atoms with Gasteiger partial charge in [-0.25, -0.2) is 0 Å². The molecule has 4 unspecified atom stereocenters. The third-order valence-corrected chi connectivity index (χ3v) is 7.77. The van der Waals surface area contributed by atoms with Crippen LogP contribution in [-0.4, -0.2) is 0 Å². The van der Waals surface area contributed by atoms with E-state index >= 15 is 0 Å². The van der Waals surface area contributed by atoms with Crippen LogP contribution in [0.5, 0.6) is 0 Å². The maximum Gasteiger partial charge on any atom is 0.0177 e. The van der Waals surface area contributed by atoms with Gasteiger partial charge in [-0.15, -0.1) is 0 Å². The quantitative estimate of drug-likeness (QED) is 0.506. The Labute approximate surface area is 164 Å². The highest BCUT2D eigenvalue weighted by atomic mass is 14.5. The van der Waals surface area contributed by atoms with Gasteiger partial charge in [-0.3, -0.25) is 0 Å². The normalized spacial score (nSPS) is 31.6. The molecule has 0 radical (unpaired) electrons. The average molecular weight is 354 g/mol. The third kappa shape index (κ3) is 1.45. The van der Waals surface area contributed by atoms with Gasteiger partial charge in [0.05, 0.1) is 0 Å². The lowest BCUT2D eigenvalue weighted by Gasteiger charge is -2.52. The average Bonchev–Trinajstić information content (AvgIpc) is 2.73. The first-order valence-electron chi connectivity index (χ1n) is 10.4. The van der Waals surface area contributed by atoms with Gasteiger partial charge in [0.2, 0.25) is 0 Å². The van der Waals surface area contributed by atoms with Crippen molar-refractivity contribution in [1.82, 2.24) is 0 Å². The van der Waals surface area contributed by atoms with E-state index in [0.717, 1.165) is 0 Å². The van der Waals surface area contributed by atoms with Crippen molar-refractivity contribution in [2.75, 3.05) is 0 Å². The molecule has 0 heterocycles. The van der Waals surface area contributed by atoms with Crippen molar-refractivity contribution in [2.45, 2.75) is 5.92 Å². The summed E-state index contributed by atoms with van der Waals surface area (Å²) in [6.07, 6.45) is 21.6. The lowest BCUT2D eigenvalue weighted by Crippen LogP contribution is -2.41. The molecular weight excluding hydrogens is 336 g/mol. The van der Waals surface area contributed by atoms with Gasteiger partial charge < -0.3 is 0 Å². The number of hydrogen-bond acceptors (Lipinski definition) is 0. The first-order chi connectivity index (χ1) is 13.9. The highest BCUT2D eigenvalue weighted by Gasteiger charge is 2.50. The number of hydrogen-bond donors (Lipinski definition) is 0. The Hall–Kier alpha value is -3.12. The van der Waals surface area contributed by atoms with E-state index in [1.54, 1.807) is 5.56 Å². The fourth-order valence-electron chi connectivity index (χ4n) is 6.83. The molecule has 0 heteroatoms. The summed E-state index contributed by atoms with van der Waals surface area (Å²) in [6, 6.07) is 11.4. The van der Waals surface area contributed by atoms with Gasteiger partial charge in [0.25, 0.3) is 0 Å². The highest BCUT2D eigenvalue weighted by Crippen LogP contribution is 2.62. The van der Waals surface area contributed by atoms with Gasteiger partial charge in [-0.05, 0) is 55.3 Å². The maximum atomic E-state index is 2.52. The predicted octanol–water partition coefficient (Wildman–Crippen LogP) is 6.51. The van der Waals surface area contributed by atoms with E-state index in [-0.39, 0.29) is 0 Å². The summed E-state index contributed by atoms with van der Waals surface area (Å²) in [5, 5.41) is 2.87. The molecule has 0 N–H and O–H groups in total. The van der Waals surface area contributed by atoms with Gasteiger partial charge in [0.15, 0.2) is 0 Å². The van der Waals surface area contributed by atoms with Gasteiger partial charge in [-0.2, -0.15) is 0 Å². The molecule has 28 heavy (non-hydrogen) atoms. The third-order valence-electron chi connectivity index (χ3n) is 7.77. The molecule has 0 saturated carbocycles. The molecule has 0 spiro atoms. The SMILES string of the molecule is C1=CC2=CC3=Cc4ccc5cccc6c5c4C4C(=C6)C=C5C=CC(=C1)C2C5C34. The minimum atomic E-state index is 0.499. The molecule has 0 saturated heterocycles. The fourth-order valence-corrected chi connectivity index (χ4v) is 6.83. The van der Waals surface area contributed by atoms with Gasteiger partial charge >= 0.3 is 0 Å².